The number of hydrogen-bond acceptors (Lipinski definition) is 4. The van der Waals surface area contributed by atoms with E-state index in [1.165, 1.54) is 4.90 Å². The Bertz CT molecular complexity index is 555. The Morgan fingerprint density at radius 2 is 1.81 bits per heavy atom. The molecule has 1 aliphatic rings. The zero-order valence-electron chi connectivity index (χ0n) is 12.9. The minimum absolute atomic E-state index is 0.112. The van der Waals surface area contributed by atoms with Crippen LogP contribution in [0.15, 0.2) is 12.1 Å². The molecule has 0 bridgehead atoms. The fourth-order valence-electron chi connectivity index (χ4n) is 2.66. The number of amides is 2. The number of ether oxygens (including phenoxy) is 1. The number of fused-ring (bicyclic) bond motifs is 1. The molecule has 2 rings (SSSR count). The Balaban J connectivity index is 2.23. The molecule has 0 saturated heterocycles. The van der Waals surface area contributed by atoms with Crippen molar-refractivity contribution in [3.05, 3.63) is 28.8 Å². The van der Waals surface area contributed by atoms with Gasteiger partial charge >= 0.3 is 0 Å². The van der Waals surface area contributed by atoms with Gasteiger partial charge in [0.15, 0.2) is 0 Å². The molecule has 0 unspecified atom stereocenters. The van der Waals surface area contributed by atoms with Gasteiger partial charge in [0.05, 0.1) is 20.0 Å². The Morgan fingerprint density at radius 3 is 2.38 bits per heavy atom. The molecule has 1 heterocycles. The fourth-order valence-corrected chi connectivity index (χ4v) is 2.66. The molecule has 0 atom stereocenters. The van der Waals surface area contributed by atoms with Crippen LogP contribution in [0, 0.1) is 6.92 Å². The first-order chi connectivity index (χ1) is 10.1. The van der Waals surface area contributed by atoms with Gasteiger partial charge in [-0.15, -0.1) is 0 Å². The quantitative estimate of drug-likeness (QED) is 0.651. The molecule has 21 heavy (non-hydrogen) atoms. The molecule has 0 fully saturated rings. The van der Waals surface area contributed by atoms with E-state index in [0.29, 0.717) is 6.54 Å². The smallest absolute Gasteiger partial charge is 0.233 e. The number of carbonyl (C=O) groups excluding carboxylic acids is 2. The number of rotatable bonds is 5. The van der Waals surface area contributed by atoms with Gasteiger partial charge in [-0.2, -0.15) is 0 Å². The zero-order valence-corrected chi connectivity index (χ0v) is 12.9. The van der Waals surface area contributed by atoms with Gasteiger partial charge in [-0.25, -0.2) is 0 Å². The van der Waals surface area contributed by atoms with Crippen molar-refractivity contribution < 1.29 is 14.3 Å². The predicted octanol–water partition coefficient (Wildman–Crippen LogP) is 1.07. The number of imide groups is 1. The van der Waals surface area contributed by atoms with Gasteiger partial charge in [0.25, 0.3) is 0 Å². The van der Waals surface area contributed by atoms with Gasteiger partial charge in [0, 0.05) is 6.54 Å². The number of nitrogens with one attached hydrogen (secondary N) is 1. The topological polar surface area (TPSA) is 58.6 Å². The molecular formula is C16H22N2O3. The Kier molecular flexibility index (Phi) is 4.96. The highest BCUT2D eigenvalue weighted by Crippen LogP contribution is 2.26. The monoisotopic (exact) mass is 290 g/mol. The summed E-state index contributed by atoms with van der Waals surface area (Å²) in [5.74, 6) is 0.526. The third kappa shape index (κ3) is 3.42. The Morgan fingerprint density at radius 1 is 1.19 bits per heavy atom. The van der Waals surface area contributed by atoms with E-state index in [9.17, 15) is 9.59 Å². The van der Waals surface area contributed by atoms with E-state index < -0.39 is 0 Å². The van der Waals surface area contributed by atoms with Crippen LogP contribution >= 0.6 is 0 Å². The van der Waals surface area contributed by atoms with E-state index in [-0.39, 0.29) is 24.7 Å². The van der Waals surface area contributed by atoms with Gasteiger partial charge in [-0.05, 0) is 49.7 Å². The normalized spacial score (nSPS) is 14.9. The van der Waals surface area contributed by atoms with E-state index in [4.69, 9.17) is 4.74 Å². The number of hydrogen-bond donors (Lipinski definition) is 1. The van der Waals surface area contributed by atoms with Crippen LogP contribution in [0.4, 0.5) is 0 Å². The van der Waals surface area contributed by atoms with Crippen molar-refractivity contribution >= 4 is 11.8 Å². The molecule has 0 radical (unpaired) electrons. The van der Waals surface area contributed by atoms with Crippen LogP contribution in [0.5, 0.6) is 5.75 Å². The Hall–Kier alpha value is -1.88. The minimum atomic E-state index is -0.124. The summed E-state index contributed by atoms with van der Waals surface area (Å²) < 4.78 is 5.30. The summed E-state index contributed by atoms with van der Waals surface area (Å²) in [6.07, 6.45) is 1.31. The van der Waals surface area contributed by atoms with Gasteiger partial charge in [0.1, 0.15) is 5.75 Å². The number of nitrogens with zero attached hydrogens (tertiary/aromatic N) is 1. The highest BCUT2D eigenvalue weighted by atomic mass is 16.5. The van der Waals surface area contributed by atoms with Crippen LogP contribution in [-0.4, -0.2) is 44.0 Å². The van der Waals surface area contributed by atoms with Crippen LogP contribution in [0.2, 0.25) is 0 Å². The first-order valence-corrected chi connectivity index (χ1v) is 7.21. The minimum Gasteiger partial charge on any atom is -0.496 e. The van der Waals surface area contributed by atoms with E-state index in [1.807, 2.05) is 26.1 Å². The third-order valence-electron chi connectivity index (χ3n) is 3.81. The molecule has 114 valence electrons. The second kappa shape index (κ2) is 6.72. The lowest BCUT2D eigenvalue weighted by Gasteiger charge is -2.18. The predicted molar refractivity (Wildman–Crippen MR) is 80.4 cm³/mol. The number of carbonyl (C=O) groups is 2. The third-order valence-corrected chi connectivity index (χ3v) is 3.81. The first kappa shape index (κ1) is 15.5. The highest BCUT2D eigenvalue weighted by Gasteiger charge is 2.27. The van der Waals surface area contributed by atoms with Crippen LogP contribution < -0.4 is 10.1 Å². The Labute approximate surface area is 125 Å². The summed E-state index contributed by atoms with van der Waals surface area (Å²) in [6, 6.07) is 3.84. The summed E-state index contributed by atoms with van der Waals surface area (Å²) in [4.78, 5) is 26.0. The highest BCUT2D eigenvalue weighted by molar-refractivity contribution is 5.99. The zero-order chi connectivity index (χ0) is 15.4. The number of methoxy groups -OCH3 is 1. The summed E-state index contributed by atoms with van der Waals surface area (Å²) in [7, 11) is 3.47. The largest absolute Gasteiger partial charge is 0.496 e. The second-order valence-electron chi connectivity index (χ2n) is 5.34. The molecule has 0 spiro atoms. The fraction of sp³-hybridized carbons (Fsp3) is 0.500. The SMILES string of the molecule is CNCCCN1C(=O)Cc2cc(C)c(OC)cc2CC1=O. The van der Waals surface area contributed by atoms with Crippen molar-refractivity contribution in [1.29, 1.82) is 0 Å². The summed E-state index contributed by atoms with van der Waals surface area (Å²) >= 11 is 0. The number of benzene rings is 1. The number of aryl methyl sites for hydroxylation is 1. The molecule has 1 aromatic carbocycles. The van der Waals surface area contributed by atoms with Gasteiger partial charge in [0.2, 0.25) is 11.8 Å². The van der Waals surface area contributed by atoms with Crippen molar-refractivity contribution in [2.24, 2.45) is 0 Å². The molecule has 0 saturated carbocycles. The molecule has 1 N–H and O–H groups in total. The second-order valence-corrected chi connectivity index (χ2v) is 5.34. The average Bonchev–Trinajstić information content (AvgIpc) is 2.56. The van der Waals surface area contributed by atoms with Gasteiger partial charge in [-0.1, -0.05) is 6.07 Å². The van der Waals surface area contributed by atoms with Crippen molar-refractivity contribution in [2.75, 3.05) is 27.2 Å². The lowest BCUT2D eigenvalue weighted by molar-refractivity contribution is -0.143. The van der Waals surface area contributed by atoms with Crippen LogP contribution in [0.3, 0.4) is 0 Å². The van der Waals surface area contributed by atoms with Crippen LogP contribution in [0.25, 0.3) is 0 Å². The van der Waals surface area contributed by atoms with Gasteiger partial charge < -0.3 is 10.1 Å². The summed E-state index contributed by atoms with van der Waals surface area (Å²) in [5.41, 5.74) is 2.81. The lowest BCUT2D eigenvalue weighted by atomic mass is 9.99. The summed E-state index contributed by atoms with van der Waals surface area (Å²) in [6.45, 7) is 3.21. The van der Waals surface area contributed by atoms with E-state index in [1.54, 1.807) is 7.11 Å². The molecular weight excluding hydrogens is 268 g/mol. The molecule has 1 aliphatic heterocycles. The van der Waals surface area contributed by atoms with E-state index in [2.05, 4.69) is 5.32 Å². The first-order valence-electron chi connectivity index (χ1n) is 7.21. The molecule has 0 aliphatic carbocycles. The standard InChI is InChI=1S/C16H22N2O3/c1-11-7-12-9-15(19)18(6-4-5-17-2)16(20)10-13(12)8-14(11)21-3/h7-8,17H,4-6,9-10H2,1-3H3. The maximum atomic E-state index is 12.3. The molecule has 5 heteroatoms. The van der Waals surface area contributed by atoms with Crippen molar-refractivity contribution in [1.82, 2.24) is 10.2 Å². The van der Waals surface area contributed by atoms with Gasteiger partial charge in [-0.3, -0.25) is 14.5 Å². The molecule has 0 aromatic heterocycles. The van der Waals surface area contributed by atoms with E-state index >= 15 is 0 Å². The van der Waals surface area contributed by atoms with Crippen molar-refractivity contribution in [3.63, 3.8) is 0 Å². The molecule has 1 aromatic rings. The van der Waals surface area contributed by atoms with Crippen molar-refractivity contribution in [3.8, 4) is 5.75 Å². The van der Waals surface area contributed by atoms with Crippen LogP contribution in [-0.2, 0) is 22.4 Å². The van der Waals surface area contributed by atoms with Crippen molar-refractivity contribution in [2.45, 2.75) is 26.2 Å². The summed E-state index contributed by atoms with van der Waals surface area (Å²) in [5, 5.41) is 3.03. The van der Waals surface area contributed by atoms with Crippen LogP contribution in [0.1, 0.15) is 23.1 Å². The maximum Gasteiger partial charge on any atom is 0.233 e. The maximum absolute atomic E-state index is 12.3. The lowest BCUT2D eigenvalue weighted by Crippen LogP contribution is -2.38. The molecule has 2 amide bonds. The van der Waals surface area contributed by atoms with E-state index in [0.717, 1.165) is 35.4 Å². The molecule has 5 nitrogen and oxygen atoms in total. The average molecular weight is 290 g/mol.